The van der Waals surface area contributed by atoms with Crippen molar-refractivity contribution in [1.82, 2.24) is 0 Å². The standard InChI is InChI=1S/C14H23NO2S/c1-14(15,11-16)9-3-4-10-18-13-7-5-12(17-2)6-8-13/h5-8,16H,3-4,9-11,15H2,1-2H3. The lowest BCUT2D eigenvalue weighted by atomic mass is 9.98. The van der Waals surface area contributed by atoms with Crippen LogP contribution in [0.25, 0.3) is 0 Å². The van der Waals surface area contributed by atoms with Crippen LogP contribution in [0.1, 0.15) is 26.2 Å². The van der Waals surface area contributed by atoms with E-state index in [0.29, 0.717) is 0 Å². The monoisotopic (exact) mass is 269 g/mol. The van der Waals surface area contributed by atoms with E-state index in [1.165, 1.54) is 4.90 Å². The molecule has 0 saturated carbocycles. The number of rotatable bonds is 8. The Labute approximate surface area is 114 Å². The number of aliphatic hydroxyl groups excluding tert-OH is 1. The van der Waals surface area contributed by atoms with E-state index in [1.54, 1.807) is 7.11 Å². The zero-order chi connectivity index (χ0) is 13.4. The van der Waals surface area contributed by atoms with Gasteiger partial charge in [0.05, 0.1) is 13.7 Å². The van der Waals surface area contributed by atoms with Crippen LogP contribution in [0.2, 0.25) is 0 Å². The number of hydrogen-bond donors (Lipinski definition) is 2. The van der Waals surface area contributed by atoms with Crippen LogP contribution >= 0.6 is 11.8 Å². The van der Waals surface area contributed by atoms with Crippen molar-refractivity contribution >= 4 is 11.8 Å². The Hall–Kier alpha value is -0.710. The summed E-state index contributed by atoms with van der Waals surface area (Å²) >= 11 is 1.84. The molecule has 0 aliphatic rings. The summed E-state index contributed by atoms with van der Waals surface area (Å²) in [5.41, 5.74) is 5.44. The summed E-state index contributed by atoms with van der Waals surface area (Å²) in [5, 5.41) is 9.04. The average Bonchev–Trinajstić information content (AvgIpc) is 2.39. The van der Waals surface area contributed by atoms with Crippen LogP contribution in [0.3, 0.4) is 0 Å². The zero-order valence-electron chi connectivity index (χ0n) is 11.2. The minimum absolute atomic E-state index is 0.0542. The zero-order valence-corrected chi connectivity index (χ0v) is 12.0. The van der Waals surface area contributed by atoms with Crippen LogP contribution in [-0.4, -0.2) is 30.1 Å². The molecule has 0 bridgehead atoms. The molecule has 0 spiro atoms. The third-order valence-electron chi connectivity index (χ3n) is 2.83. The van der Waals surface area contributed by atoms with Crippen LogP contribution in [-0.2, 0) is 0 Å². The molecular weight excluding hydrogens is 246 g/mol. The van der Waals surface area contributed by atoms with E-state index in [1.807, 2.05) is 30.8 Å². The van der Waals surface area contributed by atoms with Gasteiger partial charge in [0.25, 0.3) is 0 Å². The second-order valence-electron chi connectivity index (χ2n) is 4.79. The predicted octanol–water partition coefficient (Wildman–Crippen LogP) is 2.67. The molecule has 0 amide bonds. The van der Waals surface area contributed by atoms with Crippen LogP contribution < -0.4 is 10.5 Å². The molecule has 1 unspecified atom stereocenters. The molecule has 0 radical (unpaired) electrons. The van der Waals surface area contributed by atoms with Crippen molar-refractivity contribution in [3.05, 3.63) is 24.3 Å². The Kier molecular flexibility index (Phi) is 6.54. The quantitative estimate of drug-likeness (QED) is 0.563. The van der Waals surface area contributed by atoms with Crippen molar-refractivity contribution in [2.24, 2.45) is 5.73 Å². The maximum Gasteiger partial charge on any atom is 0.118 e. The molecule has 0 fully saturated rings. The van der Waals surface area contributed by atoms with E-state index in [2.05, 4.69) is 12.1 Å². The van der Waals surface area contributed by atoms with Crippen LogP contribution in [0.15, 0.2) is 29.2 Å². The molecule has 1 aromatic carbocycles. The van der Waals surface area contributed by atoms with Gasteiger partial charge in [-0.15, -0.1) is 11.8 Å². The number of aliphatic hydroxyl groups is 1. The van der Waals surface area contributed by atoms with Crippen LogP contribution in [0.5, 0.6) is 5.75 Å². The molecule has 0 aromatic heterocycles. The summed E-state index contributed by atoms with van der Waals surface area (Å²) in [7, 11) is 1.67. The van der Waals surface area contributed by atoms with Gasteiger partial charge in [0, 0.05) is 10.4 Å². The second kappa shape index (κ2) is 7.67. The van der Waals surface area contributed by atoms with Gasteiger partial charge in [-0.05, 0) is 49.8 Å². The van der Waals surface area contributed by atoms with Crippen molar-refractivity contribution in [1.29, 1.82) is 0 Å². The van der Waals surface area contributed by atoms with E-state index in [0.717, 1.165) is 30.8 Å². The summed E-state index contributed by atoms with van der Waals surface area (Å²) in [6, 6.07) is 8.10. The van der Waals surface area contributed by atoms with Gasteiger partial charge in [0.1, 0.15) is 5.75 Å². The molecule has 18 heavy (non-hydrogen) atoms. The normalized spacial score (nSPS) is 14.2. The van der Waals surface area contributed by atoms with E-state index < -0.39 is 5.54 Å². The van der Waals surface area contributed by atoms with Gasteiger partial charge in [-0.3, -0.25) is 0 Å². The summed E-state index contributed by atoms with van der Waals surface area (Å²) < 4.78 is 5.12. The van der Waals surface area contributed by atoms with Gasteiger partial charge in [-0.25, -0.2) is 0 Å². The fourth-order valence-corrected chi connectivity index (χ4v) is 2.48. The number of benzene rings is 1. The van der Waals surface area contributed by atoms with Crippen LogP contribution in [0.4, 0.5) is 0 Å². The number of unbranched alkanes of at least 4 members (excludes halogenated alkanes) is 1. The number of hydrogen-bond acceptors (Lipinski definition) is 4. The number of ether oxygens (including phenoxy) is 1. The highest BCUT2D eigenvalue weighted by Gasteiger charge is 2.15. The molecule has 0 heterocycles. The Morgan fingerprint density at radius 2 is 1.94 bits per heavy atom. The van der Waals surface area contributed by atoms with E-state index in [4.69, 9.17) is 15.6 Å². The van der Waals surface area contributed by atoms with Crippen molar-refractivity contribution in [3.63, 3.8) is 0 Å². The fraction of sp³-hybridized carbons (Fsp3) is 0.571. The number of thioether (sulfide) groups is 1. The first-order chi connectivity index (χ1) is 8.57. The highest BCUT2D eigenvalue weighted by molar-refractivity contribution is 7.99. The van der Waals surface area contributed by atoms with Crippen molar-refractivity contribution in [2.75, 3.05) is 19.5 Å². The van der Waals surface area contributed by atoms with E-state index in [-0.39, 0.29) is 6.61 Å². The van der Waals surface area contributed by atoms with Gasteiger partial charge < -0.3 is 15.6 Å². The summed E-state index contributed by atoms with van der Waals surface area (Å²) in [6.45, 7) is 1.95. The topological polar surface area (TPSA) is 55.5 Å². The van der Waals surface area contributed by atoms with Gasteiger partial charge in [-0.1, -0.05) is 6.42 Å². The molecule has 0 aliphatic heterocycles. The first-order valence-corrected chi connectivity index (χ1v) is 7.22. The Morgan fingerprint density at radius 1 is 1.28 bits per heavy atom. The lowest BCUT2D eigenvalue weighted by Crippen LogP contribution is -2.39. The first kappa shape index (κ1) is 15.3. The van der Waals surface area contributed by atoms with Crippen molar-refractivity contribution < 1.29 is 9.84 Å². The minimum Gasteiger partial charge on any atom is -0.497 e. The van der Waals surface area contributed by atoms with Crippen molar-refractivity contribution in [3.8, 4) is 5.75 Å². The molecule has 1 atom stereocenters. The Balaban J connectivity index is 2.17. The van der Waals surface area contributed by atoms with E-state index in [9.17, 15) is 0 Å². The fourth-order valence-electron chi connectivity index (χ4n) is 1.57. The van der Waals surface area contributed by atoms with E-state index >= 15 is 0 Å². The Bertz CT molecular complexity index is 338. The molecule has 1 rings (SSSR count). The molecule has 1 aromatic rings. The molecule has 3 N–H and O–H groups in total. The average molecular weight is 269 g/mol. The maximum atomic E-state index is 9.04. The third kappa shape index (κ3) is 5.76. The summed E-state index contributed by atoms with van der Waals surface area (Å²) in [5.74, 6) is 1.97. The highest BCUT2D eigenvalue weighted by Crippen LogP contribution is 2.23. The molecule has 0 aliphatic carbocycles. The number of methoxy groups -OCH3 is 1. The van der Waals surface area contributed by atoms with Crippen molar-refractivity contribution in [2.45, 2.75) is 36.6 Å². The van der Waals surface area contributed by atoms with Crippen LogP contribution in [0, 0.1) is 0 Å². The highest BCUT2D eigenvalue weighted by atomic mass is 32.2. The summed E-state index contributed by atoms with van der Waals surface area (Å²) in [6.07, 6.45) is 3.03. The molecule has 4 heteroatoms. The predicted molar refractivity (Wildman–Crippen MR) is 77.2 cm³/mol. The number of nitrogens with two attached hydrogens (primary N) is 1. The molecule has 102 valence electrons. The second-order valence-corrected chi connectivity index (χ2v) is 5.96. The summed E-state index contributed by atoms with van der Waals surface area (Å²) in [4.78, 5) is 1.26. The van der Waals surface area contributed by atoms with Gasteiger partial charge in [0.2, 0.25) is 0 Å². The SMILES string of the molecule is COc1ccc(SCCCCC(C)(N)CO)cc1. The minimum atomic E-state index is -0.426. The molecule has 3 nitrogen and oxygen atoms in total. The smallest absolute Gasteiger partial charge is 0.118 e. The Morgan fingerprint density at radius 3 is 2.50 bits per heavy atom. The van der Waals surface area contributed by atoms with Gasteiger partial charge in [0.15, 0.2) is 0 Å². The first-order valence-electron chi connectivity index (χ1n) is 6.24. The maximum absolute atomic E-state index is 9.04. The van der Waals surface area contributed by atoms with Gasteiger partial charge in [-0.2, -0.15) is 0 Å². The lowest BCUT2D eigenvalue weighted by Gasteiger charge is -2.21. The molecular formula is C14H23NO2S. The molecule has 0 saturated heterocycles. The lowest BCUT2D eigenvalue weighted by molar-refractivity contribution is 0.198. The van der Waals surface area contributed by atoms with Gasteiger partial charge >= 0.3 is 0 Å². The third-order valence-corrected chi connectivity index (χ3v) is 3.93. The largest absolute Gasteiger partial charge is 0.497 e.